The Morgan fingerprint density at radius 1 is 0.462 bits per heavy atom. The lowest BCUT2D eigenvalue weighted by Gasteiger charge is -2.16. The van der Waals surface area contributed by atoms with Gasteiger partial charge in [-0.25, -0.2) is 20.0 Å². The Labute approximate surface area is 150 Å². The van der Waals surface area contributed by atoms with Gasteiger partial charge in [-0.1, -0.05) is 0 Å². The smallest absolute Gasteiger partial charge is 0.217 e. The summed E-state index contributed by atoms with van der Waals surface area (Å²) in [5.41, 5.74) is 3.33. The zero-order chi connectivity index (χ0) is 17.3. The molecule has 0 radical (unpaired) electrons. The van der Waals surface area contributed by atoms with Crippen molar-refractivity contribution in [3.63, 3.8) is 0 Å². The molecular formula is C18H18N4O4. The van der Waals surface area contributed by atoms with E-state index in [0.717, 1.165) is 22.3 Å². The van der Waals surface area contributed by atoms with Crippen molar-refractivity contribution < 1.29 is 18.9 Å². The summed E-state index contributed by atoms with van der Waals surface area (Å²) in [5.74, 6) is 2.38. The van der Waals surface area contributed by atoms with Crippen LogP contribution >= 0.6 is 0 Å². The third-order valence-electron chi connectivity index (χ3n) is 4.42. The maximum Gasteiger partial charge on any atom is 0.217 e. The summed E-state index contributed by atoms with van der Waals surface area (Å²) in [5, 5.41) is 0. The zero-order valence-corrected chi connectivity index (χ0v) is 14.2. The van der Waals surface area contributed by atoms with E-state index in [2.05, 4.69) is 20.0 Å². The van der Waals surface area contributed by atoms with Crippen molar-refractivity contribution in [2.45, 2.75) is 0 Å². The molecule has 8 nitrogen and oxygen atoms in total. The highest BCUT2D eigenvalue weighted by Crippen LogP contribution is 2.26. The van der Waals surface area contributed by atoms with Gasteiger partial charge in [-0.15, -0.1) is 0 Å². The Kier molecular flexibility index (Phi) is 3.80. The predicted molar refractivity (Wildman–Crippen MR) is 95.9 cm³/mol. The molecule has 134 valence electrons. The zero-order valence-electron chi connectivity index (χ0n) is 14.2. The molecule has 0 saturated heterocycles. The molecule has 4 aliphatic rings. The van der Waals surface area contributed by atoms with E-state index in [1.54, 1.807) is 0 Å². The van der Waals surface area contributed by atoms with Gasteiger partial charge in [0.1, 0.15) is 26.4 Å². The molecule has 8 heteroatoms. The minimum absolute atomic E-state index is 0.576. The summed E-state index contributed by atoms with van der Waals surface area (Å²) < 4.78 is 22.9. The number of hydrogen-bond donors (Lipinski definition) is 0. The highest BCUT2D eigenvalue weighted by Gasteiger charge is 2.28. The van der Waals surface area contributed by atoms with Crippen LogP contribution in [0.4, 0.5) is 0 Å². The van der Waals surface area contributed by atoms with Crippen LogP contribution in [-0.2, 0) is 18.9 Å². The lowest BCUT2D eigenvalue weighted by Crippen LogP contribution is -2.18. The summed E-state index contributed by atoms with van der Waals surface area (Å²) in [6.45, 7) is 4.88. The van der Waals surface area contributed by atoms with Crippen LogP contribution in [0.25, 0.3) is 0 Å². The second kappa shape index (κ2) is 6.44. The first-order valence-electron chi connectivity index (χ1n) is 8.79. The van der Waals surface area contributed by atoms with E-state index in [0.29, 0.717) is 76.2 Å². The van der Waals surface area contributed by atoms with Crippen molar-refractivity contribution in [2.75, 3.05) is 52.6 Å². The first kappa shape index (κ1) is 15.4. The molecule has 4 aliphatic heterocycles. The van der Waals surface area contributed by atoms with E-state index in [9.17, 15) is 0 Å². The maximum absolute atomic E-state index is 5.72. The number of benzene rings is 1. The van der Waals surface area contributed by atoms with Crippen LogP contribution in [-0.4, -0.2) is 76.2 Å². The van der Waals surface area contributed by atoms with Gasteiger partial charge >= 0.3 is 0 Å². The monoisotopic (exact) mass is 354 g/mol. The Bertz CT molecular complexity index is 734. The summed E-state index contributed by atoms with van der Waals surface area (Å²) in [6.07, 6.45) is 0. The van der Waals surface area contributed by atoms with Gasteiger partial charge in [0.2, 0.25) is 23.6 Å². The standard InChI is InChI=1S/C18H18N4O4/c1-5-23-15(19-1)11-9-13(17-21-3-7-25-17)14(18-22-4-8-26-18)10-12(11)16-20-2-6-24-16/h9-10H,1-8H2. The number of rotatable bonds is 4. The van der Waals surface area contributed by atoms with Crippen molar-refractivity contribution >= 4 is 23.6 Å². The van der Waals surface area contributed by atoms with Gasteiger partial charge in [-0.05, 0) is 12.1 Å². The SMILES string of the molecule is c1c(C2=NCCO2)c(C2=NCCO2)cc(C2=NCCO2)c1C1=NCCO1. The Morgan fingerprint density at radius 2 is 0.731 bits per heavy atom. The Morgan fingerprint density at radius 3 is 0.923 bits per heavy atom. The second-order valence-electron chi connectivity index (χ2n) is 6.08. The van der Waals surface area contributed by atoms with E-state index >= 15 is 0 Å². The van der Waals surface area contributed by atoms with Crippen LogP contribution in [0.3, 0.4) is 0 Å². The molecular weight excluding hydrogens is 336 g/mol. The van der Waals surface area contributed by atoms with Crippen molar-refractivity contribution in [3.8, 4) is 0 Å². The fraction of sp³-hybridized carbons (Fsp3) is 0.444. The summed E-state index contributed by atoms with van der Waals surface area (Å²) in [6, 6.07) is 3.96. The molecule has 0 atom stereocenters. The molecule has 0 N–H and O–H groups in total. The van der Waals surface area contributed by atoms with Gasteiger partial charge in [0.25, 0.3) is 0 Å². The van der Waals surface area contributed by atoms with Crippen molar-refractivity contribution in [1.82, 2.24) is 0 Å². The minimum Gasteiger partial charge on any atom is -0.475 e. The Balaban J connectivity index is 1.71. The highest BCUT2D eigenvalue weighted by atomic mass is 16.5. The third kappa shape index (κ3) is 2.61. The first-order valence-corrected chi connectivity index (χ1v) is 8.79. The van der Waals surface area contributed by atoms with E-state index in [-0.39, 0.29) is 0 Å². The van der Waals surface area contributed by atoms with Crippen LogP contribution in [0.1, 0.15) is 22.3 Å². The van der Waals surface area contributed by atoms with Crippen LogP contribution in [0.15, 0.2) is 32.1 Å². The Hall–Kier alpha value is -2.90. The third-order valence-corrected chi connectivity index (χ3v) is 4.42. The molecule has 0 saturated carbocycles. The lowest BCUT2D eigenvalue weighted by molar-refractivity contribution is 0.342. The van der Waals surface area contributed by atoms with Crippen molar-refractivity contribution in [2.24, 2.45) is 20.0 Å². The maximum atomic E-state index is 5.72. The first-order chi connectivity index (χ1) is 12.9. The molecule has 1 aromatic carbocycles. The molecule has 0 fully saturated rings. The normalized spacial score (nSPS) is 21.2. The summed E-state index contributed by atoms with van der Waals surface area (Å²) >= 11 is 0. The molecule has 0 aliphatic carbocycles. The average molecular weight is 354 g/mol. The second-order valence-corrected chi connectivity index (χ2v) is 6.08. The largest absolute Gasteiger partial charge is 0.475 e. The molecule has 4 heterocycles. The molecule has 0 amide bonds. The number of ether oxygens (including phenoxy) is 4. The topological polar surface area (TPSA) is 86.4 Å². The molecule has 26 heavy (non-hydrogen) atoms. The van der Waals surface area contributed by atoms with E-state index in [4.69, 9.17) is 18.9 Å². The van der Waals surface area contributed by atoms with Crippen LogP contribution in [0, 0.1) is 0 Å². The highest BCUT2D eigenvalue weighted by molar-refractivity contribution is 6.14. The van der Waals surface area contributed by atoms with E-state index in [1.807, 2.05) is 12.1 Å². The van der Waals surface area contributed by atoms with Gasteiger partial charge in [-0.3, -0.25) is 0 Å². The van der Waals surface area contributed by atoms with E-state index < -0.39 is 0 Å². The van der Waals surface area contributed by atoms with Gasteiger partial charge in [0, 0.05) is 22.3 Å². The van der Waals surface area contributed by atoms with E-state index in [1.165, 1.54) is 0 Å². The fourth-order valence-corrected chi connectivity index (χ4v) is 3.30. The minimum atomic E-state index is 0.576. The number of aliphatic imine (C=N–C) groups is 4. The number of hydrogen-bond acceptors (Lipinski definition) is 8. The van der Waals surface area contributed by atoms with Gasteiger partial charge in [-0.2, -0.15) is 0 Å². The predicted octanol–water partition coefficient (Wildman–Crippen LogP) is 0.794. The molecule has 5 rings (SSSR count). The van der Waals surface area contributed by atoms with Crippen LogP contribution in [0.2, 0.25) is 0 Å². The van der Waals surface area contributed by atoms with Gasteiger partial charge in [0.05, 0.1) is 26.2 Å². The fourth-order valence-electron chi connectivity index (χ4n) is 3.30. The lowest BCUT2D eigenvalue weighted by atomic mass is 9.97. The molecule has 0 spiro atoms. The molecule has 0 bridgehead atoms. The van der Waals surface area contributed by atoms with Gasteiger partial charge < -0.3 is 18.9 Å². The molecule has 0 aromatic heterocycles. The quantitative estimate of drug-likeness (QED) is 0.800. The molecule has 1 aromatic rings. The van der Waals surface area contributed by atoms with Crippen molar-refractivity contribution in [1.29, 1.82) is 0 Å². The summed E-state index contributed by atoms with van der Waals surface area (Å²) in [7, 11) is 0. The van der Waals surface area contributed by atoms with Crippen molar-refractivity contribution in [3.05, 3.63) is 34.4 Å². The number of nitrogens with zero attached hydrogens (tertiary/aromatic N) is 4. The van der Waals surface area contributed by atoms with Crippen LogP contribution in [0.5, 0.6) is 0 Å². The van der Waals surface area contributed by atoms with Crippen LogP contribution < -0.4 is 0 Å². The molecule has 0 unspecified atom stereocenters. The summed E-state index contributed by atoms with van der Waals surface area (Å²) in [4.78, 5) is 17.9. The average Bonchev–Trinajstić information content (AvgIpc) is 3.49. The van der Waals surface area contributed by atoms with Gasteiger partial charge in [0.15, 0.2) is 0 Å².